The van der Waals surface area contributed by atoms with Crippen molar-refractivity contribution in [1.82, 2.24) is 5.32 Å². The molecule has 19 heavy (non-hydrogen) atoms. The van der Waals surface area contributed by atoms with Gasteiger partial charge in [-0.25, -0.2) is 0 Å². The zero-order valence-corrected chi connectivity index (χ0v) is 11.8. The molecule has 0 heterocycles. The number of carboxylic acids is 1. The molecule has 1 aromatic rings. The van der Waals surface area contributed by atoms with Gasteiger partial charge < -0.3 is 10.4 Å². The van der Waals surface area contributed by atoms with Gasteiger partial charge in [-0.05, 0) is 31.0 Å². The van der Waals surface area contributed by atoms with Gasteiger partial charge in [-0.1, -0.05) is 29.6 Å². The van der Waals surface area contributed by atoms with Crippen molar-refractivity contribution in [3.05, 3.63) is 33.8 Å². The molecule has 0 aromatic heterocycles. The number of aliphatic carboxylic acids is 1. The highest BCUT2D eigenvalue weighted by atomic mass is 35.5. The van der Waals surface area contributed by atoms with E-state index in [-0.39, 0.29) is 12.3 Å². The highest BCUT2D eigenvalue weighted by Gasteiger charge is 2.09. The Bertz CT molecular complexity index is 463. The van der Waals surface area contributed by atoms with Crippen molar-refractivity contribution in [3.8, 4) is 0 Å². The first-order valence-electron chi connectivity index (χ1n) is 5.95. The molecule has 0 aliphatic heterocycles. The molecule has 104 valence electrons. The van der Waals surface area contributed by atoms with Crippen molar-refractivity contribution in [1.29, 1.82) is 0 Å². The normalized spacial score (nSPS) is 10.2. The van der Waals surface area contributed by atoms with Crippen LogP contribution in [0.4, 0.5) is 0 Å². The second-order valence-corrected chi connectivity index (χ2v) is 4.93. The second-order valence-electron chi connectivity index (χ2n) is 4.08. The van der Waals surface area contributed by atoms with Gasteiger partial charge in [0.1, 0.15) is 0 Å². The first-order valence-corrected chi connectivity index (χ1v) is 6.71. The molecule has 0 saturated heterocycles. The Hall–Kier alpha value is -1.26. The van der Waals surface area contributed by atoms with Gasteiger partial charge in [-0.15, -0.1) is 0 Å². The number of carboxylic acid groups (broad SMARTS) is 1. The molecular weight excluding hydrogens is 289 g/mol. The van der Waals surface area contributed by atoms with Gasteiger partial charge in [0.25, 0.3) is 5.91 Å². The summed E-state index contributed by atoms with van der Waals surface area (Å²) in [5, 5.41) is 12.0. The largest absolute Gasteiger partial charge is 0.481 e. The predicted octanol–water partition coefficient (Wildman–Crippen LogP) is 3.37. The topological polar surface area (TPSA) is 66.4 Å². The number of unbranched alkanes of at least 4 members (excludes halogenated alkanes) is 2. The molecule has 0 aliphatic carbocycles. The molecule has 0 atom stereocenters. The molecule has 1 aromatic carbocycles. The van der Waals surface area contributed by atoms with E-state index in [9.17, 15) is 9.59 Å². The van der Waals surface area contributed by atoms with Crippen molar-refractivity contribution < 1.29 is 14.7 Å². The van der Waals surface area contributed by atoms with E-state index in [1.807, 2.05) is 0 Å². The Morgan fingerprint density at radius 3 is 2.53 bits per heavy atom. The highest BCUT2D eigenvalue weighted by molar-refractivity contribution is 6.36. The smallest absolute Gasteiger partial charge is 0.303 e. The van der Waals surface area contributed by atoms with Gasteiger partial charge in [0.2, 0.25) is 0 Å². The van der Waals surface area contributed by atoms with E-state index >= 15 is 0 Å². The van der Waals surface area contributed by atoms with Gasteiger partial charge in [0.15, 0.2) is 0 Å². The van der Waals surface area contributed by atoms with Gasteiger partial charge in [-0.3, -0.25) is 9.59 Å². The molecule has 1 rings (SSSR count). The molecular formula is C13H15Cl2NO3. The maximum Gasteiger partial charge on any atom is 0.303 e. The lowest BCUT2D eigenvalue weighted by Gasteiger charge is -2.06. The monoisotopic (exact) mass is 303 g/mol. The number of carbonyl (C=O) groups excluding carboxylic acids is 1. The third kappa shape index (κ3) is 5.94. The van der Waals surface area contributed by atoms with Gasteiger partial charge in [0.05, 0.1) is 10.6 Å². The minimum absolute atomic E-state index is 0.164. The van der Waals surface area contributed by atoms with Crippen LogP contribution in [0.3, 0.4) is 0 Å². The summed E-state index contributed by atoms with van der Waals surface area (Å²) >= 11 is 11.7. The Morgan fingerprint density at radius 1 is 1.16 bits per heavy atom. The quantitative estimate of drug-likeness (QED) is 0.759. The predicted molar refractivity (Wildman–Crippen MR) is 74.9 cm³/mol. The zero-order chi connectivity index (χ0) is 14.3. The lowest BCUT2D eigenvalue weighted by Crippen LogP contribution is -2.24. The zero-order valence-electron chi connectivity index (χ0n) is 10.3. The van der Waals surface area contributed by atoms with E-state index in [2.05, 4.69) is 5.32 Å². The maximum atomic E-state index is 11.8. The Kier molecular flexibility index (Phi) is 6.67. The first-order chi connectivity index (χ1) is 9.00. The number of halogens is 2. The standard InChI is InChI=1S/C13H15Cl2NO3/c14-9-5-6-10(11(15)8-9)13(19)16-7-3-1-2-4-12(17)18/h5-6,8H,1-4,7H2,(H,16,19)(H,17,18). The Morgan fingerprint density at radius 2 is 1.89 bits per heavy atom. The average molecular weight is 304 g/mol. The van der Waals surface area contributed by atoms with Crippen LogP contribution in [0.5, 0.6) is 0 Å². The van der Waals surface area contributed by atoms with Crippen LogP contribution in [-0.4, -0.2) is 23.5 Å². The fourth-order valence-electron chi connectivity index (χ4n) is 1.55. The van der Waals surface area contributed by atoms with E-state index in [1.165, 1.54) is 6.07 Å². The summed E-state index contributed by atoms with van der Waals surface area (Å²) in [6.45, 7) is 0.497. The summed E-state index contributed by atoms with van der Waals surface area (Å²) < 4.78 is 0. The summed E-state index contributed by atoms with van der Waals surface area (Å²) in [6, 6.07) is 4.70. The summed E-state index contributed by atoms with van der Waals surface area (Å²) in [7, 11) is 0. The molecule has 0 saturated carbocycles. The van der Waals surface area contributed by atoms with Crippen LogP contribution in [0.2, 0.25) is 10.0 Å². The van der Waals surface area contributed by atoms with Gasteiger partial charge >= 0.3 is 5.97 Å². The lowest BCUT2D eigenvalue weighted by molar-refractivity contribution is -0.137. The van der Waals surface area contributed by atoms with Crippen LogP contribution >= 0.6 is 23.2 Å². The van der Waals surface area contributed by atoms with Gasteiger partial charge in [0, 0.05) is 18.0 Å². The lowest BCUT2D eigenvalue weighted by atomic mass is 10.2. The molecule has 0 unspecified atom stereocenters. The molecule has 2 N–H and O–H groups in total. The molecule has 0 bridgehead atoms. The number of carbonyl (C=O) groups is 2. The number of hydrogen-bond acceptors (Lipinski definition) is 2. The van der Waals surface area contributed by atoms with Crippen LogP contribution in [0.1, 0.15) is 36.0 Å². The Labute approximate surface area is 121 Å². The number of hydrogen-bond donors (Lipinski definition) is 2. The SMILES string of the molecule is O=C(O)CCCCCNC(=O)c1ccc(Cl)cc1Cl. The summed E-state index contributed by atoms with van der Waals surface area (Å²) in [5.74, 6) is -1.04. The number of benzene rings is 1. The van der Waals surface area contributed by atoms with Crippen molar-refractivity contribution >= 4 is 35.1 Å². The third-order valence-corrected chi connectivity index (χ3v) is 3.08. The average Bonchev–Trinajstić information content (AvgIpc) is 2.32. The molecule has 0 fully saturated rings. The molecule has 6 heteroatoms. The third-order valence-electron chi connectivity index (χ3n) is 2.53. The van der Waals surface area contributed by atoms with E-state index in [1.54, 1.807) is 12.1 Å². The van der Waals surface area contributed by atoms with Crippen LogP contribution in [0.25, 0.3) is 0 Å². The number of nitrogens with one attached hydrogen (secondary N) is 1. The van der Waals surface area contributed by atoms with Crippen molar-refractivity contribution in [2.24, 2.45) is 0 Å². The van der Waals surface area contributed by atoms with Crippen LogP contribution in [0, 0.1) is 0 Å². The minimum atomic E-state index is -0.794. The second kappa shape index (κ2) is 8.02. The highest BCUT2D eigenvalue weighted by Crippen LogP contribution is 2.20. The molecule has 0 spiro atoms. The number of amides is 1. The molecule has 0 aliphatic rings. The minimum Gasteiger partial charge on any atom is -0.481 e. The number of rotatable bonds is 7. The Balaban J connectivity index is 2.29. The van der Waals surface area contributed by atoms with Crippen molar-refractivity contribution in [2.45, 2.75) is 25.7 Å². The van der Waals surface area contributed by atoms with E-state index in [0.29, 0.717) is 28.6 Å². The van der Waals surface area contributed by atoms with E-state index in [4.69, 9.17) is 28.3 Å². The fourth-order valence-corrected chi connectivity index (χ4v) is 2.04. The van der Waals surface area contributed by atoms with Crippen LogP contribution in [0.15, 0.2) is 18.2 Å². The maximum absolute atomic E-state index is 11.8. The van der Waals surface area contributed by atoms with E-state index in [0.717, 1.165) is 12.8 Å². The van der Waals surface area contributed by atoms with Crippen LogP contribution in [-0.2, 0) is 4.79 Å². The van der Waals surface area contributed by atoms with Gasteiger partial charge in [-0.2, -0.15) is 0 Å². The van der Waals surface area contributed by atoms with E-state index < -0.39 is 5.97 Å². The van der Waals surface area contributed by atoms with Crippen molar-refractivity contribution in [3.63, 3.8) is 0 Å². The summed E-state index contributed by atoms with van der Waals surface area (Å²) in [4.78, 5) is 22.1. The molecule has 0 radical (unpaired) electrons. The molecule has 4 nitrogen and oxygen atoms in total. The first kappa shape index (κ1) is 15.8. The summed E-state index contributed by atoms with van der Waals surface area (Å²) in [5.41, 5.74) is 0.386. The van der Waals surface area contributed by atoms with Crippen molar-refractivity contribution in [2.75, 3.05) is 6.54 Å². The summed E-state index contributed by atoms with van der Waals surface area (Å²) in [6.07, 6.45) is 2.29. The fraction of sp³-hybridized carbons (Fsp3) is 0.385. The van der Waals surface area contributed by atoms with Crippen LogP contribution < -0.4 is 5.32 Å². The molecule has 1 amide bonds.